The zero-order valence-electron chi connectivity index (χ0n) is 13.4. The maximum absolute atomic E-state index is 12.3. The van der Waals surface area contributed by atoms with Crippen molar-refractivity contribution < 1.29 is 19.1 Å². The van der Waals surface area contributed by atoms with Crippen molar-refractivity contribution in [3.63, 3.8) is 0 Å². The number of carbonyl (C=O) groups is 3. The number of halogens is 2. The van der Waals surface area contributed by atoms with Gasteiger partial charge < -0.3 is 15.0 Å². The van der Waals surface area contributed by atoms with E-state index in [1.165, 1.54) is 6.07 Å². The van der Waals surface area contributed by atoms with Crippen LogP contribution >= 0.6 is 35.0 Å². The maximum atomic E-state index is 12.3. The molecule has 0 saturated carbocycles. The molecule has 2 saturated heterocycles. The van der Waals surface area contributed by atoms with Crippen LogP contribution in [0.5, 0.6) is 0 Å². The number of anilines is 1. The number of fused-ring (bicyclic) bond motifs is 1. The summed E-state index contributed by atoms with van der Waals surface area (Å²) in [5, 5.41) is 3.26. The number of esters is 1. The van der Waals surface area contributed by atoms with Gasteiger partial charge in [0.25, 0.3) is 5.91 Å². The lowest BCUT2D eigenvalue weighted by molar-refractivity contribution is -0.155. The fourth-order valence-electron chi connectivity index (χ4n) is 3.00. The van der Waals surface area contributed by atoms with Gasteiger partial charge in [0.2, 0.25) is 5.91 Å². The first-order valence-corrected chi connectivity index (χ1v) is 9.42. The molecule has 2 heterocycles. The van der Waals surface area contributed by atoms with Gasteiger partial charge in [-0.3, -0.25) is 9.59 Å². The van der Waals surface area contributed by atoms with E-state index in [1.807, 2.05) is 6.92 Å². The van der Waals surface area contributed by atoms with Crippen molar-refractivity contribution in [2.75, 3.05) is 17.7 Å². The molecule has 134 valence electrons. The van der Waals surface area contributed by atoms with E-state index in [0.717, 1.165) is 6.42 Å². The molecule has 2 aliphatic rings. The number of rotatable bonds is 4. The third kappa shape index (κ3) is 3.73. The largest absolute Gasteiger partial charge is 0.454 e. The summed E-state index contributed by atoms with van der Waals surface area (Å²) in [5.74, 6) is -0.617. The van der Waals surface area contributed by atoms with Crippen molar-refractivity contribution >= 4 is 58.4 Å². The van der Waals surface area contributed by atoms with Crippen LogP contribution in [0, 0.1) is 0 Å². The van der Waals surface area contributed by atoms with E-state index in [9.17, 15) is 14.4 Å². The van der Waals surface area contributed by atoms with Crippen molar-refractivity contribution in [3.8, 4) is 0 Å². The van der Waals surface area contributed by atoms with E-state index >= 15 is 0 Å². The van der Waals surface area contributed by atoms with Gasteiger partial charge in [0.05, 0.1) is 14.9 Å². The second-order valence-electron chi connectivity index (χ2n) is 6.05. The summed E-state index contributed by atoms with van der Waals surface area (Å²) >= 11 is 13.3. The number of thioether (sulfide) groups is 1. The molecule has 2 atom stereocenters. The zero-order chi connectivity index (χ0) is 18.2. The van der Waals surface area contributed by atoms with Crippen LogP contribution in [0.25, 0.3) is 0 Å². The molecular formula is C16H16Cl2N2O4S. The van der Waals surface area contributed by atoms with Crippen molar-refractivity contribution in [2.24, 2.45) is 0 Å². The molecule has 0 spiro atoms. The highest BCUT2D eigenvalue weighted by Crippen LogP contribution is 2.47. The van der Waals surface area contributed by atoms with Gasteiger partial charge in [-0.2, -0.15) is 0 Å². The Bertz CT molecular complexity index is 745. The van der Waals surface area contributed by atoms with E-state index in [4.69, 9.17) is 27.9 Å². The second kappa shape index (κ2) is 7.05. The van der Waals surface area contributed by atoms with Crippen molar-refractivity contribution in [3.05, 3.63) is 28.2 Å². The van der Waals surface area contributed by atoms with Gasteiger partial charge in [0.1, 0.15) is 6.04 Å². The summed E-state index contributed by atoms with van der Waals surface area (Å²) in [6, 6.07) is 4.02. The molecule has 25 heavy (non-hydrogen) atoms. The highest BCUT2D eigenvalue weighted by atomic mass is 35.5. The molecule has 0 aliphatic carbocycles. The van der Waals surface area contributed by atoms with E-state index in [-0.39, 0.29) is 10.8 Å². The molecule has 6 nitrogen and oxygen atoms in total. The lowest BCUT2D eigenvalue weighted by atomic mass is 10.2. The smallest absolute Gasteiger partial charge is 0.330 e. The molecule has 3 rings (SSSR count). The number of hydrogen-bond donors (Lipinski definition) is 1. The van der Waals surface area contributed by atoms with Crippen LogP contribution in [-0.4, -0.2) is 46.0 Å². The molecule has 1 N–H and O–H groups in total. The van der Waals surface area contributed by atoms with Gasteiger partial charge in [-0.15, -0.1) is 11.8 Å². The summed E-state index contributed by atoms with van der Waals surface area (Å²) in [5.41, 5.74) is 0.453. The summed E-state index contributed by atoms with van der Waals surface area (Å²) in [6.07, 6.45) is 1.16. The normalized spacial score (nSPS) is 25.0. The number of amides is 2. The quantitative estimate of drug-likeness (QED) is 0.783. The number of ether oxygens (including phenoxy) is 1. The van der Waals surface area contributed by atoms with Crippen LogP contribution in [0.15, 0.2) is 18.2 Å². The topological polar surface area (TPSA) is 75.7 Å². The highest BCUT2D eigenvalue weighted by Gasteiger charge is 2.53. The SMILES string of the molecule is C[C@]12CCC(=O)N1[C@H](C(=O)OCC(=O)Nc1ccc(Cl)c(Cl)c1)CS2. The third-order valence-electron chi connectivity index (χ3n) is 4.27. The molecule has 2 amide bonds. The van der Waals surface area contributed by atoms with Gasteiger partial charge >= 0.3 is 5.97 Å². The number of hydrogen-bond acceptors (Lipinski definition) is 5. The Morgan fingerprint density at radius 2 is 2.16 bits per heavy atom. The standard InChI is InChI=1S/C16H16Cl2N2O4S/c1-16-5-4-14(22)20(16)12(8-25-16)15(23)24-7-13(21)19-9-2-3-10(17)11(18)6-9/h2-3,6,12H,4-5,7-8H2,1H3,(H,19,21)/t12-,16-/m0/s1. The van der Waals surface area contributed by atoms with Crippen LogP contribution in [0.1, 0.15) is 19.8 Å². The Balaban J connectivity index is 1.54. The Labute approximate surface area is 159 Å². The van der Waals surface area contributed by atoms with E-state index < -0.39 is 24.5 Å². The van der Waals surface area contributed by atoms with E-state index in [1.54, 1.807) is 28.8 Å². The molecule has 1 aromatic rings. The number of nitrogens with one attached hydrogen (secondary N) is 1. The van der Waals surface area contributed by atoms with Gasteiger partial charge in [-0.1, -0.05) is 23.2 Å². The summed E-state index contributed by atoms with van der Waals surface area (Å²) < 4.78 is 5.10. The van der Waals surface area contributed by atoms with Crippen LogP contribution in [0.3, 0.4) is 0 Å². The number of carbonyl (C=O) groups excluding carboxylic acids is 3. The first-order valence-electron chi connectivity index (χ1n) is 7.68. The Morgan fingerprint density at radius 1 is 1.40 bits per heavy atom. The minimum Gasteiger partial charge on any atom is -0.454 e. The first-order chi connectivity index (χ1) is 11.8. The summed E-state index contributed by atoms with van der Waals surface area (Å²) in [4.78, 5) is 37.5. The molecule has 0 aromatic heterocycles. The summed E-state index contributed by atoms with van der Waals surface area (Å²) in [6.45, 7) is 1.52. The average molecular weight is 403 g/mol. The van der Waals surface area contributed by atoms with Gasteiger partial charge in [-0.25, -0.2) is 4.79 Å². The predicted molar refractivity (Wildman–Crippen MR) is 96.8 cm³/mol. The molecular weight excluding hydrogens is 387 g/mol. The fraction of sp³-hybridized carbons (Fsp3) is 0.438. The maximum Gasteiger partial charge on any atom is 0.330 e. The zero-order valence-corrected chi connectivity index (χ0v) is 15.7. The molecule has 2 aliphatic heterocycles. The van der Waals surface area contributed by atoms with Crippen LogP contribution in [-0.2, 0) is 19.1 Å². The molecule has 1 aromatic carbocycles. The third-order valence-corrected chi connectivity index (χ3v) is 6.51. The number of nitrogens with zero attached hydrogens (tertiary/aromatic N) is 1. The lowest BCUT2D eigenvalue weighted by Gasteiger charge is -2.29. The van der Waals surface area contributed by atoms with Gasteiger partial charge in [0, 0.05) is 17.9 Å². The molecule has 2 fully saturated rings. The molecule has 0 bridgehead atoms. The fourth-order valence-corrected chi connectivity index (χ4v) is 4.71. The lowest BCUT2D eigenvalue weighted by Crippen LogP contribution is -2.47. The minimum absolute atomic E-state index is 0.0466. The Morgan fingerprint density at radius 3 is 2.88 bits per heavy atom. The minimum atomic E-state index is -0.636. The van der Waals surface area contributed by atoms with Crippen molar-refractivity contribution in [2.45, 2.75) is 30.7 Å². The second-order valence-corrected chi connectivity index (χ2v) is 8.37. The van der Waals surface area contributed by atoms with Crippen molar-refractivity contribution in [1.82, 2.24) is 4.90 Å². The number of benzene rings is 1. The first kappa shape index (κ1) is 18.4. The molecule has 9 heteroatoms. The van der Waals surface area contributed by atoms with Gasteiger partial charge in [0.15, 0.2) is 6.61 Å². The highest BCUT2D eigenvalue weighted by molar-refractivity contribution is 8.01. The average Bonchev–Trinajstić information content (AvgIpc) is 3.05. The van der Waals surface area contributed by atoms with Gasteiger partial charge in [-0.05, 0) is 31.5 Å². The summed E-state index contributed by atoms with van der Waals surface area (Å²) in [7, 11) is 0. The van der Waals surface area contributed by atoms with Crippen LogP contribution in [0.4, 0.5) is 5.69 Å². The van der Waals surface area contributed by atoms with Crippen LogP contribution < -0.4 is 5.32 Å². The van der Waals surface area contributed by atoms with E-state index in [2.05, 4.69) is 5.32 Å². The Kier molecular flexibility index (Phi) is 5.18. The van der Waals surface area contributed by atoms with Crippen molar-refractivity contribution in [1.29, 1.82) is 0 Å². The molecule has 0 unspecified atom stereocenters. The van der Waals surface area contributed by atoms with Crippen LogP contribution in [0.2, 0.25) is 10.0 Å². The monoisotopic (exact) mass is 402 g/mol. The Hall–Kier alpha value is -1.44. The van der Waals surface area contributed by atoms with E-state index in [0.29, 0.717) is 27.9 Å². The molecule has 0 radical (unpaired) electrons. The predicted octanol–water partition coefficient (Wildman–Crippen LogP) is 2.93.